The van der Waals surface area contributed by atoms with Crippen LogP contribution in [-0.2, 0) is 0 Å². The Bertz CT molecular complexity index is 1360. The number of fused-ring (bicyclic) bond motifs is 1. The monoisotopic (exact) mass is 505 g/mol. The highest BCUT2D eigenvalue weighted by Crippen LogP contribution is 2.31. The van der Waals surface area contributed by atoms with Crippen molar-refractivity contribution >= 4 is 34.2 Å². The summed E-state index contributed by atoms with van der Waals surface area (Å²) in [6.45, 7) is 0.793. The van der Waals surface area contributed by atoms with Crippen LogP contribution in [0.1, 0.15) is 35.2 Å². The van der Waals surface area contributed by atoms with Crippen molar-refractivity contribution in [3.63, 3.8) is 0 Å². The molecule has 5 rings (SSSR count). The smallest absolute Gasteiger partial charge is 0.196 e. The van der Waals surface area contributed by atoms with E-state index in [1.54, 1.807) is 24.4 Å². The Morgan fingerprint density at radius 3 is 2.72 bits per heavy atom. The maximum absolute atomic E-state index is 13.5. The number of likely N-dealkylation sites (tertiary alicyclic amines) is 1. The van der Waals surface area contributed by atoms with E-state index in [9.17, 15) is 9.90 Å². The van der Waals surface area contributed by atoms with E-state index in [2.05, 4.69) is 25.2 Å². The average Bonchev–Trinajstić information content (AvgIpc) is 3.33. The average molecular weight is 506 g/mol. The third kappa shape index (κ3) is 4.93. The number of likely N-dealkylation sites (N-methyl/N-ethyl adjacent to an activating group) is 1. The molecular weight excluding hydrogens is 478 g/mol. The number of hydrogen-bond donors (Lipinski definition) is 3. The number of rotatable bonds is 8. The first kappa shape index (κ1) is 24.2. The molecule has 0 bridgehead atoms. The molecule has 2 atom stereocenters. The van der Waals surface area contributed by atoms with E-state index in [1.807, 2.05) is 37.4 Å². The summed E-state index contributed by atoms with van der Waals surface area (Å²) < 4.78 is 5.84. The molecule has 1 fully saturated rings. The van der Waals surface area contributed by atoms with Gasteiger partial charge < -0.3 is 20.1 Å². The Morgan fingerprint density at radius 2 is 1.94 bits per heavy atom. The van der Waals surface area contributed by atoms with E-state index in [-0.39, 0.29) is 24.5 Å². The second-order valence-corrected chi connectivity index (χ2v) is 9.41. The van der Waals surface area contributed by atoms with Gasteiger partial charge in [0.1, 0.15) is 29.3 Å². The molecule has 3 N–H and O–H groups in total. The fraction of sp³-hybridized carbons (Fsp3) is 0.296. The zero-order chi connectivity index (χ0) is 25.1. The van der Waals surface area contributed by atoms with Gasteiger partial charge in [-0.3, -0.25) is 9.69 Å². The Hall–Kier alpha value is -3.46. The number of anilines is 1. The van der Waals surface area contributed by atoms with Crippen LogP contribution in [0.3, 0.4) is 0 Å². The van der Waals surface area contributed by atoms with Gasteiger partial charge in [-0.05, 0) is 44.2 Å². The highest BCUT2D eigenvalue weighted by atomic mass is 35.5. The van der Waals surface area contributed by atoms with Crippen LogP contribution in [-0.4, -0.2) is 63.0 Å². The fourth-order valence-corrected chi connectivity index (χ4v) is 5.02. The highest BCUT2D eigenvalue weighted by Gasteiger charge is 2.27. The lowest BCUT2D eigenvalue weighted by Crippen LogP contribution is -2.48. The SMILES string of the molecule is CN1[C@@H](CO)CCC[C@H]1CNc1ncnc2[nH]cc(C(=O)c3ccc(Oc4ccccc4)cc3Cl)c12. The molecule has 3 heterocycles. The zero-order valence-electron chi connectivity index (χ0n) is 19.9. The van der Waals surface area contributed by atoms with Crippen LogP contribution >= 0.6 is 11.6 Å². The van der Waals surface area contributed by atoms with Crippen molar-refractivity contribution in [1.29, 1.82) is 0 Å². The maximum Gasteiger partial charge on any atom is 0.196 e. The Labute approximate surface area is 214 Å². The van der Waals surface area contributed by atoms with Crippen LogP contribution in [0.4, 0.5) is 5.82 Å². The summed E-state index contributed by atoms with van der Waals surface area (Å²) in [4.78, 5) is 27.6. The minimum atomic E-state index is -0.231. The maximum atomic E-state index is 13.5. The van der Waals surface area contributed by atoms with Crippen LogP contribution in [0.5, 0.6) is 11.5 Å². The van der Waals surface area contributed by atoms with Gasteiger partial charge in [-0.1, -0.05) is 36.2 Å². The molecule has 2 aromatic heterocycles. The van der Waals surface area contributed by atoms with E-state index in [1.165, 1.54) is 6.33 Å². The fourth-order valence-electron chi connectivity index (χ4n) is 4.76. The van der Waals surface area contributed by atoms with Crippen molar-refractivity contribution in [2.45, 2.75) is 31.3 Å². The molecule has 9 heteroatoms. The number of halogens is 1. The lowest BCUT2D eigenvalue weighted by atomic mass is 9.96. The Morgan fingerprint density at radius 1 is 1.14 bits per heavy atom. The summed E-state index contributed by atoms with van der Waals surface area (Å²) in [5.41, 5.74) is 1.38. The van der Waals surface area contributed by atoms with Gasteiger partial charge in [0.25, 0.3) is 0 Å². The molecule has 0 aliphatic carbocycles. The minimum Gasteiger partial charge on any atom is -0.457 e. The molecule has 0 radical (unpaired) electrons. The van der Waals surface area contributed by atoms with Gasteiger partial charge in [-0.15, -0.1) is 0 Å². The number of H-pyrrole nitrogens is 1. The molecule has 186 valence electrons. The predicted octanol–water partition coefficient (Wildman–Crippen LogP) is 4.89. The number of piperidine rings is 1. The third-order valence-corrected chi connectivity index (χ3v) is 7.13. The van der Waals surface area contributed by atoms with E-state index >= 15 is 0 Å². The largest absolute Gasteiger partial charge is 0.457 e. The van der Waals surface area contributed by atoms with Gasteiger partial charge in [0.2, 0.25) is 0 Å². The van der Waals surface area contributed by atoms with Crippen LogP contribution in [0.2, 0.25) is 5.02 Å². The van der Waals surface area contributed by atoms with E-state index in [0.717, 1.165) is 19.3 Å². The summed E-state index contributed by atoms with van der Waals surface area (Å²) in [5.74, 6) is 1.59. The summed E-state index contributed by atoms with van der Waals surface area (Å²) >= 11 is 6.52. The molecule has 0 saturated carbocycles. The molecule has 8 nitrogen and oxygen atoms in total. The molecule has 36 heavy (non-hydrogen) atoms. The second-order valence-electron chi connectivity index (χ2n) is 9.00. The number of nitrogens with zero attached hydrogens (tertiary/aromatic N) is 3. The number of benzene rings is 2. The van der Waals surface area contributed by atoms with Crippen molar-refractivity contribution in [2.24, 2.45) is 0 Å². The number of ether oxygens (including phenoxy) is 1. The standard InChI is InChI=1S/C27H28ClN5O3/c1-33-17(6-5-7-18(33)15-34)13-29-26-24-22(14-30-27(24)32-16-31-26)25(35)21-11-10-20(12-23(21)28)36-19-8-3-2-4-9-19/h2-4,8-12,14,16-18,34H,5-7,13,15H2,1H3,(H2,29,30,31,32)/t17-,18+/m0/s1. The summed E-state index contributed by atoms with van der Waals surface area (Å²) in [6, 6.07) is 14.8. The topological polar surface area (TPSA) is 103 Å². The van der Waals surface area contributed by atoms with E-state index in [0.29, 0.717) is 51.0 Å². The molecule has 2 aromatic carbocycles. The number of hydrogen-bond acceptors (Lipinski definition) is 7. The molecule has 0 spiro atoms. The van der Waals surface area contributed by atoms with Crippen molar-refractivity contribution in [2.75, 3.05) is 25.5 Å². The molecule has 1 saturated heterocycles. The molecule has 0 unspecified atom stereocenters. The lowest BCUT2D eigenvalue weighted by Gasteiger charge is -2.38. The molecule has 4 aromatic rings. The number of ketones is 1. The van der Waals surface area contributed by atoms with Crippen LogP contribution in [0.15, 0.2) is 61.1 Å². The van der Waals surface area contributed by atoms with Crippen molar-refractivity contribution in [1.82, 2.24) is 19.9 Å². The first-order valence-corrected chi connectivity index (χ1v) is 12.4. The first-order valence-electron chi connectivity index (χ1n) is 12.0. The lowest BCUT2D eigenvalue weighted by molar-refractivity contribution is 0.0734. The predicted molar refractivity (Wildman–Crippen MR) is 140 cm³/mol. The summed E-state index contributed by atoms with van der Waals surface area (Å²) in [5, 5.41) is 14.0. The van der Waals surface area contributed by atoms with Crippen LogP contribution < -0.4 is 10.1 Å². The van der Waals surface area contributed by atoms with Crippen molar-refractivity contribution in [3.8, 4) is 11.5 Å². The quantitative estimate of drug-likeness (QED) is 0.293. The summed E-state index contributed by atoms with van der Waals surface area (Å²) in [7, 11) is 2.04. The number of aliphatic hydroxyl groups is 1. The number of aromatic nitrogens is 3. The first-order chi connectivity index (χ1) is 17.5. The van der Waals surface area contributed by atoms with Crippen LogP contribution in [0.25, 0.3) is 11.0 Å². The molecule has 1 aliphatic rings. The van der Waals surface area contributed by atoms with Gasteiger partial charge in [0, 0.05) is 36.5 Å². The second kappa shape index (κ2) is 10.7. The van der Waals surface area contributed by atoms with E-state index < -0.39 is 0 Å². The van der Waals surface area contributed by atoms with Crippen molar-refractivity contribution < 1.29 is 14.6 Å². The van der Waals surface area contributed by atoms with Gasteiger partial charge in [-0.25, -0.2) is 9.97 Å². The summed E-state index contributed by atoms with van der Waals surface area (Å²) in [6.07, 6.45) is 6.20. The Balaban J connectivity index is 1.38. The van der Waals surface area contributed by atoms with Gasteiger partial charge in [-0.2, -0.15) is 0 Å². The highest BCUT2D eigenvalue weighted by molar-refractivity contribution is 6.35. The van der Waals surface area contributed by atoms with Gasteiger partial charge in [0.15, 0.2) is 5.78 Å². The normalized spacial score (nSPS) is 18.3. The molecule has 1 aliphatic heterocycles. The molecule has 0 amide bonds. The number of carbonyl (C=O) groups is 1. The number of aromatic amines is 1. The number of aliphatic hydroxyl groups excluding tert-OH is 1. The third-order valence-electron chi connectivity index (χ3n) is 6.82. The number of carbonyl (C=O) groups excluding carboxylic acids is 1. The molecular formula is C27H28ClN5O3. The minimum absolute atomic E-state index is 0.150. The van der Waals surface area contributed by atoms with Gasteiger partial charge >= 0.3 is 0 Å². The number of nitrogens with one attached hydrogen (secondary N) is 2. The zero-order valence-corrected chi connectivity index (χ0v) is 20.7. The Kier molecular flexibility index (Phi) is 7.18. The number of para-hydroxylation sites is 1. The van der Waals surface area contributed by atoms with Crippen LogP contribution in [0, 0.1) is 0 Å². The van der Waals surface area contributed by atoms with E-state index in [4.69, 9.17) is 16.3 Å². The van der Waals surface area contributed by atoms with Gasteiger partial charge in [0.05, 0.1) is 22.6 Å². The van der Waals surface area contributed by atoms with Crippen molar-refractivity contribution in [3.05, 3.63) is 77.2 Å².